The Morgan fingerprint density at radius 3 is 2.38 bits per heavy atom. The lowest BCUT2D eigenvalue weighted by atomic mass is 10.1. The fourth-order valence-corrected chi connectivity index (χ4v) is 4.87. The summed E-state index contributed by atoms with van der Waals surface area (Å²) in [6.45, 7) is 1.09. The molecule has 8 heteroatoms. The molecule has 1 amide bonds. The van der Waals surface area contributed by atoms with Crippen LogP contribution < -0.4 is 14.2 Å². The summed E-state index contributed by atoms with van der Waals surface area (Å²) in [5.74, 6) is 1.53. The van der Waals surface area contributed by atoms with Crippen LogP contribution in [0.3, 0.4) is 0 Å². The van der Waals surface area contributed by atoms with Gasteiger partial charge in [0.1, 0.15) is 23.3 Å². The maximum absolute atomic E-state index is 13.0. The van der Waals surface area contributed by atoms with Crippen LogP contribution in [0.5, 0.6) is 17.2 Å². The standard InChI is InChI=1S/C26H22ClNO4S2/c1-30-22-15-19(14-21(27)24(22)32-13-12-31-20-10-6-3-7-11-20)16-23-25(29)28(26(33)34-23)17-18-8-4-2-5-9-18/h2-11,14-16H,12-13,17H2,1H3. The van der Waals surface area contributed by atoms with Crippen LogP contribution in [0.25, 0.3) is 6.08 Å². The van der Waals surface area contributed by atoms with Crippen LogP contribution in [0.2, 0.25) is 5.02 Å². The Morgan fingerprint density at radius 1 is 1.00 bits per heavy atom. The highest BCUT2D eigenvalue weighted by molar-refractivity contribution is 8.26. The number of halogens is 1. The van der Waals surface area contributed by atoms with Crippen molar-refractivity contribution < 1.29 is 19.0 Å². The monoisotopic (exact) mass is 511 g/mol. The summed E-state index contributed by atoms with van der Waals surface area (Å²) < 4.78 is 17.5. The van der Waals surface area contributed by atoms with Crippen molar-refractivity contribution in [3.8, 4) is 17.2 Å². The number of methoxy groups -OCH3 is 1. The maximum atomic E-state index is 13.0. The zero-order valence-corrected chi connectivity index (χ0v) is 20.8. The van der Waals surface area contributed by atoms with Gasteiger partial charge in [0.2, 0.25) is 0 Å². The molecule has 4 rings (SSSR count). The fourth-order valence-electron chi connectivity index (χ4n) is 3.34. The molecule has 3 aromatic carbocycles. The van der Waals surface area contributed by atoms with E-state index in [-0.39, 0.29) is 5.91 Å². The van der Waals surface area contributed by atoms with Gasteiger partial charge in [-0.05, 0) is 41.5 Å². The van der Waals surface area contributed by atoms with Gasteiger partial charge in [0.05, 0.1) is 23.6 Å². The molecule has 0 N–H and O–H groups in total. The molecule has 0 spiro atoms. The molecule has 0 aliphatic carbocycles. The molecule has 1 fully saturated rings. The van der Waals surface area contributed by atoms with Crippen molar-refractivity contribution in [1.82, 2.24) is 4.90 Å². The maximum Gasteiger partial charge on any atom is 0.266 e. The molecule has 174 valence electrons. The summed E-state index contributed by atoms with van der Waals surface area (Å²) in [6, 6.07) is 22.8. The third-order valence-corrected chi connectivity index (χ3v) is 6.61. The lowest BCUT2D eigenvalue weighted by Gasteiger charge is -2.14. The molecule has 1 heterocycles. The van der Waals surface area contributed by atoms with E-state index in [1.165, 1.54) is 11.8 Å². The number of amides is 1. The van der Waals surface area contributed by atoms with Crippen molar-refractivity contribution in [1.29, 1.82) is 0 Å². The van der Waals surface area contributed by atoms with Crippen LogP contribution in [-0.4, -0.2) is 35.5 Å². The minimum Gasteiger partial charge on any atom is -0.493 e. The second-order valence-corrected chi connectivity index (χ2v) is 9.38. The highest BCUT2D eigenvalue weighted by atomic mass is 35.5. The van der Waals surface area contributed by atoms with E-state index in [0.29, 0.717) is 45.5 Å². The summed E-state index contributed by atoms with van der Waals surface area (Å²) in [7, 11) is 1.54. The van der Waals surface area contributed by atoms with Gasteiger partial charge in [0.25, 0.3) is 5.91 Å². The molecule has 0 bridgehead atoms. The quantitative estimate of drug-likeness (QED) is 0.193. The Bertz CT molecular complexity index is 1200. The molecule has 5 nitrogen and oxygen atoms in total. The van der Waals surface area contributed by atoms with Gasteiger partial charge in [-0.3, -0.25) is 9.69 Å². The first-order chi connectivity index (χ1) is 16.5. The molecule has 1 saturated heterocycles. The zero-order chi connectivity index (χ0) is 23.9. The Kier molecular flexibility index (Phi) is 8.11. The minimum atomic E-state index is -0.132. The Balaban J connectivity index is 1.44. The first kappa shape index (κ1) is 24.1. The van der Waals surface area contributed by atoms with Crippen LogP contribution in [0.4, 0.5) is 0 Å². The van der Waals surface area contributed by atoms with Gasteiger partial charge >= 0.3 is 0 Å². The fraction of sp³-hybridized carbons (Fsp3) is 0.154. The summed E-state index contributed by atoms with van der Waals surface area (Å²) in [4.78, 5) is 15.1. The number of para-hydroxylation sites is 1. The van der Waals surface area contributed by atoms with E-state index in [4.69, 9.17) is 38.0 Å². The summed E-state index contributed by atoms with van der Waals surface area (Å²) >= 11 is 13.2. The number of hydrogen-bond acceptors (Lipinski definition) is 6. The van der Waals surface area contributed by atoms with E-state index < -0.39 is 0 Å². The lowest BCUT2D eigenvalue weighted by molar-refractivity contribution is -0.122. The van der Waals surface area contributed by atoms with Gasteiger partial charge < -0.3 is 14.2 Å². The zero-order valence-electron chi connectivity index (χ0n) is 18.4. The minimum absolute atomic E-state index is 0.132. The third kappa shape index (κ3) is 5.91. The van der Waals surface area contributed by atoms with Crippen molar-refractivity contribution in [2.24, 2.45) is 0 Å². The first-order valence-corrected chi connectivity index (χ1v) is 12.1. The molecular weight excluding hydrogens is 490 g/mol. The van der Waals surface area contributed by atoms with Gasteiger partial charge in [0, 0.05) is 0 Å². The lowest BCUT2D eigenvalue weighted by Crippen LogP contribution is -2.27. The number of rotatable bonds is 9. The van der Waals surface area contributed by atoms with E-state index >= 15 is 0 Å². The van der Waals surface area contributed by atoms with E-state index in [0.717, 1.165) is 16.9 Å². The van der Waals surface area contributed by atoms with Crippen LogP contribution in [-0.2, 0) is 11.3 Å². The second kappa shape index (κ2) is 11.4. The smallest absolute Gasteiger partial charge is 0.266 e. The molecule has 3 aromatic rings. The SMILES string of the molecule is COc1cc(C=C2SC(=S)N(Cc3ccccc3)C2=O)cc(Cl)c1OCCOc1ccccc1. The highest BCUT2D eigenvalue weighted by Gasteiger charge is 2.32. The van der Waals surface area contributed by atoms with Crippen LogP contribution in [0.15, 0.2) is 77.7 Å². The first-order valence-electron chi connectivity index (χ1n) is 10.5. The normalized spacial score (nSPS) is 14.5. The van der Waals surface area contributed by atoms with Crippen molar-refractivity contribution >= 4 is 51.9 Å². The highest BCUT2D eigenvalue weighted by Crippen LogP contribution is 2.39. The Labute approximate surface area is 213 Å². The number of carbonyl (C=O) groups is 1. The number of thioether (sulfide) groups is 1. The number of ether oxygens (including phenoxy) is 3. The van der Waals surface area contributed by atoms with Gasteiger partial charge in [-0.15, -0.1) is 0 Å². The number of nitrogens with zero attached hydrogens (tertiary/aromatic N) is 1. The van der Waals surface area contributed by atoms with Crippen molar-refractivity contribution in [3.63, 3.8) is 0 Å². The number of carbonyl (C=O) groups excluding carboxylic acids is 1. The molecule has 1 aliphatic rings. The molecule has 1 aliphatic heterocycles. The topological polar surface area (TPSA) is 48.0 Å². The molecule has 0 radical (unpaired) electrons. The molecule has 0 atom stereocenters. The third-order valence-electron chi connectivity index (χ3n) is 4.95. The molecule has 0 saturated carbocycles. The predicted octanol–water partition coefficient (Wildman–Crippen LogP) is 6.21. The van der Waals surface area contributed by atoms with Crippen molar-refractivity contribution in [2.45, 2.75) is 6.54 Å². The van der Waals surface area contributed by atoms with Crippen molar-refractivity contribution in [3.05, 3.63) is 93.9 Å². The van der Waals surface area contributed by atoms with Crippen molar-refractivity contribution in [2.75, 3.05) is 20.3 Å². The Morgan fingerprint density at radius 2 is 1.68 bits per heavy atom. The van der Waals surface area contributed by atoms with E-state index in [1.54, 1.807) is 30.2 Å². The van der Waals surface area contributed by atoms with Gasteiger partial charge in [-0.2, -0.15) is 0 Å². The van der Waals surface area contributed by atoms with E-state index in [1.807, 2.05) is 60.7 Å². The molecular formula is C26H22ClNO4S2. The molecule has 0 aromatic heterocycles. The second-order valence-electron chi connectivity index (χ2n) is 7.30. The average Bonchev–Trinajstić information content (AvgIpc) is 3.11. The summed E-state index contributed by atoms with van der Waals surface area (Å²) in [5, 5.41) is 0.380. The summed E-state index contributed by atoms with van der Waals surface area (Å²) in [5.41, 5.74) is 1.73. The molecule has 0 unspecified atom stereocenters. The number of hydrogen-bond donors (Lipinski definition) is 0. The van der Waals surface area contributed by atoms with Gasteiger partial charge in [-0.25, -0.2) is 0 Å². The van der Waals surface area contributed by atoms with E-state index in [2.05, 4.69) is 0 Å². The van der Waals surface area contributed by atoms with Crippen LogP contribution >= 0.6 is 35.6 Å². The number of thiocarbonyl (C=S) groups is 1. The summed E-state index contributed by atoms with van der Waals surface area (Å²) in [6.07, 6.45) is 1.76. The largest absolute Gasteiger partial charge is 0.493 e. The van der Waals surface area contributed by atoms with E-state index in [9.17, 15) is 4.79 Å². The van der Waals surface area contributed by atoms with Crippen LogP contribution in [0, 0.1) is 0 Å². The Hall–Kier alpha value is -3.00. The van der Waals surface area contributed by atoms with Gasteiger partial charge in [-0.1, -0.05) is 84.1 Å². The van der Waals surface area contributed by atoms with Crippen LogP contribution in [0.1, 0.15) is 11.1 Å². The average molecular weight is 512 g/mol. The van der Waals surface area contributed by atoms with Gasteiger partial charge in [0.15, 0.2) is 11.5 Å². The number of benzene rings is 3. The molecule has 34 heavy (non-hydrogen) atoms. The predicted molar refractivity (Wildman–Crippen MR) is 141 cm³/mol.